The van der Waals surface area contributed by atoms with E-state index >= 15 is 0 Å². The number of aliphatic hydroxyl groups is 1. The van der Waals surface area contributed by atoms with E-state index in [1.54, 1.807) is 0 Å². The minimum Gasteiger partial charge on any atom is -0.390 e. The number of methoxy groups -OCH3 is 1. The molecule has 0 amide bonds. The Morgan fingerprint density at radius 2 is 1.94 bits per heavy atom. The average molecular weight is 254 g/mol. The van der Waals surface area contributed by atoms with Crippen molar-refractivity contribution >= 4 is 0 Å². The van der Waals surface area contributed by atoms with E-state index in [0.717, 1.165) is 11.8 Å². The van der Waals surface area contributed by atoms with Crippen molar-refractivity contribution < 1.29 is 9.84 Å². The van der Waals surface area contributed by atoms with Gasteiger partial charge in [-0.25, -0.2) is 0 Å². The van der Waals surface area contributed by atoms with Crippen LogP contribution in [0.3, 0.4) is 0 Å². The van der Waals surface area contributed by atoms with Gasteiger partial charge in [-0.15, -0.1) is 0 Å². The van der Waals surface area contributed by atoms with Gasteiger partial charge in [0.05, 0.1) is 11.7 Å². The second-order valence-corrected chi connectivity index (χ2v) is 7.66. The van der Waals surface area contributed by atoms with Crippen LogP contribution < -0.4 is 0 Å². The van der Waals surface area contributed by atoms with Crippen LogP contribution in [0, 0.1) is 23.2 Å². The molecule has 106 valence electrons. The smallest absolute Gasteiger partial charge is 0.0619 e. The molecule has 0 aromatic carbocycles. The molecule has 2 saturated carbocycles. The Morgan fingerprint density at radius 3 is 2.50 bits per heavy atom. The summed E-state index contributed by atoms with van der Waals surface area (Å²) in [5.74, 6) is 1.95. The summed E-state index contributed by atoms with van der Waals surface area (Å²) < 4.78 is 5.62. The molecular formula is C16H30O2. The first-order valence-electron chi connectivity index (χ1n) is 7.51. The third-order valence-electron chi connectivity index (χ3n) is 5.85. The maximum Gasteiger partial charge on any atom is 0.0619 e. The minimum absolute atomic E-state index is 0.431. The highest BCUT2D eigenvalue weighted by Crippen LogP contribution is 2.55. The van der Waals surface area contributed by atoms with Crippen LogP contribution in [0.25, 0.3) is 0 Å². The molecule has 0 spiro atoms. The number of fused-ring (bicyclic) bond motifs is 1. The maximum atomic E-state index is 10.3. The van der Waals surface area contributed by atoms with Gasteiger partial charge in [-0.05, 0) is 69.1 Å². The summed E-state index contributed by atoms with van der Waals surface area (Å²) in [5.41, 5.74) is -0.0841. The van der Waals surface area contributed by atoms with Gasteiger partial charge in [0.15, 0.2) is 0 Å². The lowest BCUT2D eigenvalue weighted by molar-refractivity contribution is -0.103. The number of ether oxygens (including phenoxy) is 1. The second kappa shape index (κ2) is 4.79. The van der Waals surface area contributed by atoms with Crippen LogP contribution in [-0.4, -0.2) is 23.9 Å². The van der Waals surface area contributed by atoms with Crippen molar-refractivity contribution in [2.24, 2.45) is 23.2 Å². The summed E-state index contributed by atoms with van der Waals surface area (Å²) in [7, 11) is 1.85. The van der Waals surface area contributed by atoms with Gasteiger partial charge < -0.3 is 9.84 Å². The normalized spacial score (nSPS) is 45.7. The average Bonchev–Trinajstić information content (AvgIpc) is 2.26. The first-order chi connectivity index (χ1) is 8.26. The fourth-order valence-electron chi connectivity index (χ4n) is 4.57. The maximum absolute atomic E-state index is 10.3. The summed E-state index contributed by atoms with van der Waals surface area (Å²) in [6.07, 6.45) is 6.44. The summed E-state index contributed by atoms with van der Waals surface area (Å²) >= 11 is 0. The SMILES string of the molecule is COC1CC(C)C2CC(C(C)(C)O)CCC2(C)C1. The predicted octanol–water partition coefficient (Wildman–Crippen LogP) is 3.62. The van der Waals surface area contributed by atoms with Gasteiger partial charge in [0.1, 0.15) is 0 Å². The van der Waals surface area contributed by atoms with Crippen molar-refractivity contribution in [1.29, 1.82) is 0 Å². The third-order valence-corrected chi connectivity index (χ3v) is 5.85. The van der Waals surface area contributed by atoms with E-state index in [1.807, 2.05) is 21.0 Å². The van der Waals surface area contributed by atoms with E-state index in [2.05, 4.69) is 13.8 Å². The molecule has 2 heteroatoms. The van der Waals surface area contributed by atoms with Crippen molar-refractivity contribution in [3.63, 3.8) is 0 Å². The molecule has 2 nitrogen and oxygen atoms in total. The Labute approximate surface area is 112 Å². The highest BCUT2D eigenvalue weighted by molar-refractivity contribution is 4.99. The number of hydrogen-bond donors (Lipinski definition) is 1. The van der Waals surface area contributed by atoms with Crippen molar-refractivity contribution in [1.82, 2.24) is 0 Å². The summed E-state index contributed by atoms with van der Waals surface area (Å²) in [5, 5.41) is 10.3. The van der Waals surface area contributed by atoms with Crippen LogP contribution in [0.4, 0.5) is 0 Å². The fraction of sp³-hybridized carbons (Fsp3) is 1.00. The van der Waals surface area contributed by atoms with Crippen LogP contribution in [0.2, 0.25) is 0 Å². The molecule has 0 aromatic rings. The Balaban J connectivity index is 2.12. The van der Waals surface area contributed by atoms with E-state index in [-0.39, 0.29) is 0 Å². The quantitative estimate of drug-likeness (QED) is 0.815. The second-order valence-electron chi connectivity index (χ2n) is 7.66. The highest BCUT2D eigenvalue weighted by Gasteiger charge is 2.49. The summed E-state index contributed by atoms with van der Waals surface area (Å²) in [4.78, 5) is 0. The lowest BCUT2D eigenvalue weighted by Gasteiger charge is -2.54. The van der Waals surface area contributed by atoms with Crippen molar-refractivity contribution in [2.75, 3.05) is 7.11 Å². The van der Waals surface area contributed by atoms with E-state index in [0.29, 0.717) is 17.4 Å². The van der Waals surface area contributed by atoms with Gasteiger partial charge in [0.2, 0.25) is 0 Å². The van der Waals surface area contributed by atoms with Crippen molar-refractivity contribution in [2.45, 2.75) is 71.5 Å². The van der Waals surface area contributed by atoms with Crippen LogP contribution in [0.1, 0.15) is 59.8 Å². The monoisotopic (exact) mass is 254 g/mol. The van der Waals surface area contributed by atoms with Gasteiger partial charge in [0.25, 0.3) is 0 Å². The number of hydrogen-bond acceptors (Lipinski definition) is 2. The molecule has 0 heterocycles. The van der Waals surface area contributed by atoms with Gasteiger partial charge >= 0.3 is 0 Å². The van der Waals surface area contributed by atoms with Crippen molar-refractivity contribution in [3.05, 3.63) is 0 Å². The molecular weight excluding hydrogens is 224 g/mol. The molecule has 2 rings (SSSR count). The van der Waals surface area contributed by atoms with E-state index in [4.69, 9.17) is 4.74 Å². The van der Waals surface area contributed by atoms with Gasteiger partial charge in [0, 0.05) is 7.11 Å². The molecule has 5 unspecified atom stereocenters. The molecule has 0 radical (unpaired) electrons. The molecule has 0 saturated heterocycles. The standard InChI is InChI=1S/C16H30O2/c1-11-8-13(18-5)10-16(4)7-6-12(9-14(11)16)15(2,3)17/h11-14,17H,6-10H2,1-5H3. The van der Waals surface area contributed by atoms with Crippen molar-refractivity contribution in [3.8, 4) is 0 Å². The molecule has 1 N–H and O–H groups in total. The topological polar surface area (TPSA) is 29.5 Å². The molecule has 2 fully saturated rings. The molecule has 18 heavy (non-hydrogen) atoms. The summed E-state index contributed by atoms with van der Waals surface area (Å²) in [6, 6.07) is 0. The molecule has 2 aliphatic rings. The van der Waals surface area contributed by atoms with E-state index in [1.165, 1.54) is 32.1 Å². The largest absolute Gasteiger partial charge is 0.390 e. The summed E-state index contributed by atoms with van der Waals surface area (Å²) in [6.45, 7) is 8.78. The zero-order valence-corrected chi connectivity index (χ0v) is 12.7. The molecule has 0 aromatic heterocycles. The van der Waals surface area contributed by atoms with Crippen LogP contribution >= 0.6 is 0 Å². The Kier molecular flexibility index (Phi) is 3.81. The Hall–Kier alpha value is -0.0800. The minimum atomic E-state index is -0.515. The lowest BCUT2D eigenvalue weighted by Crippen LogP contribution is -2.49. The third kappa shape index (κ3) is 2.60. The molecule has 0 bridgehead atoms. The first-order valence-corrected chi connectivity index (χ1v) is 7.51. The van der Waals surface area contributed by atoms with Crippen LogP contribution in [0.5, 0.6) is 0 Å². The Bertz CT molecular complexity index is 294. The predicted molar refractivity (Wildman–Crippen MR) is 74.4 cm³/mol. The number of rotatable bonds is 2. The zero-order valence-electron chi connectivity index (χ0n) is 12.7. The van der Waals surface area contributed by atoms with Gasteiger partial charge in [-0.3, -0.25) is 0 Å². The van der Waals surface area contributed by atoms with Gasteiger partial charge in [-0.2, -0.15) is 0 Å². The zero-order chi connectivity index (χ0) is 13.6. The highest BCUT2D eigenvalue weighted by atomic mass is 16.5. The lowest BCUT2D eigenvalue weighted by atomic mass is 9.53. The molecule has 2 aliphatic carbocycles. The fourth-order valence-corrected chi connectivity index (χ4v) is 4.57. The first kappa shape index (κ1) is 14.3. The van der Waals surface area contributed by atoms with E-state index < -0.39 is 5.60 Å². The molecule has 0 aliphatic heterocycles. The molecule has 5 atom stereocenters. The van der Waals surface area contributed by atoms with E-state index in [9.17, 15) is 5.11 Å². The van der Waals surface area contributed by atoms with Crippen LogP contribution in [0.15, 0.2) is 0 Å². The van der Waals surface area contributed by atoms with Gasteiger partial charge in [-0.1, -0.05) is 13.8 Å². The van der Waals surface area contributed by atoms with Crippen LogP contribution in [-0.2, 0) is 4.74 Å². The Morgan fingerprint density at radius 1 is 1.28 bits per heavy atom.